The van der Waals surface area contributed by atoms with Gasteiger partial charge in [0.15, 0.2) is 0 Å². The van der Waals surface area contributed by atoms with E-state index in [1.54, 1.807) is 7.11 Å². The van der Waals surface area contributed by atoms with Crippen LogP contribution in [0.4, 0.5) is 0 Å². The molecular formula is C43H29IN2O. The number of benzene rings is 7. The molecule has 7 aromatic carbocycles. The Labute approximate surface area is 279 Å². The van der Waals surface area contributed by atoms with Crippen molar-refractivity contribution in [2.24, 2.45) is 0 Å². The molecule has 0 saturated heterocycles. The van der Waals surface area contributed by atoms with E-state index >= 15 is 0 Å². The Bertz CT molecular complexity index is 2600. The third kappa shape index (κ3) is 3.91. The first kappa shape index (κ1) is 26.8. The molecule has 47 heavy (non-hydrogen) atoms. The standard InChI is InChI=1S/C43H29IN2O/c1-47-31-12-10-11-29(26-31)45-42-23-21-28(44-38-17-6-2-13-32(38)33-14-3-7-18-39(33)44)25-36(42)37-27-30(22-24-43(37)45)46-40-19-8-4-15-34(40)35-16-5-9-20-41(35)46/h2-27H,1H3. The predicted molar refractivity (Wildman–Crippen MR) is 204 cm³/mol. The number of hydrogen-bond acceptors (Lipinski definition) is 1. The van der Waals surface area contributed by atoms with Gasteiger partial charge >= 0.3 is 281 Å². The van der Waals surface area contributed by atoms with Crippen molar-refractivity contribution in [1.29, 1.82) is 0 Å². The molecular weight excluding hydrogens is 687 g/mol. The molecule has 10 rings (SSSR count). The zero-order chi connectivity index (χ0) is 31.1. The van der Waals surface area contributed by atoms with Crippen LogP contribution < -0.4 is 4.74 Å². The van der Waals surface area contributed by atoms with Gasteiger partial charge in [-0.2, -0.15) is 0 Å². The summed E-state index contributed by atoms with van der Waals surface area (Å²) in [6, 6.07) is 58.2. The van der Waals surface area contributed by atoms with Gasteiger partial charge in [-0.1, -0.05) is 0 Å². The van der Waals surface area contributed by atoms with Crippen molar-refractivity contribution in [3.8, 4) is 28.3 Å². The summed E-state index contributed by atoms with van der Waals surface area (Å²) >= 11 is -1.90. The normalized spacial score (nSPS) is 13.1. The second-order valence-electron chi connectivity index (χ2n) is 12.0. The summed E-state index contributed by atoms with van der Waals surface area (Å²) in [4.78, 5) is 0. The number of para-hydroxylation sites is 2. The Morgan fingerprint density at radius 1 is 0.426 bits per heavy atom. The second-order valence-corrected chi connectivity index (χ2v) is 17.2. The van der Waals surface area contributed by atoms with E-state index in [-0.39, 0.29) is 0 Å². The zero-order valence-electron chi connectivity index (χ0n) is 25.7. The van der Waals surface area contributed by atoms with Crippen LogP contribution in [0.25, 0.3) is 66.1 Å². The van der Waals surface area contributed by atoms with Crippen molar-refractivity contribution in [3.05, 3.63) is 168 Å². The molecule has 2 aromatic heterocycles. The van der Waals surface area contributed by atoms with Gasteiger partial charge in [0.2, 0.25) is 0 Å². The first-order valence-electron chi connectivity index (χ1n) is 15.9. The number of nitrogens with zero attached hydrogens (tertiary/aromatic N) is 2. The van der Waals surface area contributed by atoms with E-state index in [1.807, 2.05) is 6.07 Å². The number of hydrogen-bond donors (Lipinski definition) is 0. The zero-order valence-corrected chi connectivity index (χ0v) is 27.8. The van der Waals surface area contributed by atoms with E-state index in [1.165, 1.54) is 71.1 Å². The van der Waals surface area contributed by atoms with Gasteiger partial charge in [-0.3, -0.25) is 0 Å². The average molecular weight is 717 g/mol. The van der Waals surface area contributed by atoms with Gasteiger partial charge in [-0.15, -0.1) is 0 Å². The molecule has 0 saturated carbocycles. The molecule has 0 amide bonds. The fourth-order valence-electron chi connectivity index (χ4n) is 7.50. The molecule has 0 aliphatic carbocycles. The molecule has 1 aliphatic rings. The van der Waals surface area contributed by atoms with Crippen LogP contribution in [0.1, 0.15) is 0 Å². The summed E-state index contributed by atoms with van der Waals surface area (Å²) in [5.74, 6) is 0.851. The topological polar surface area (TPSA) is 19.1 Å². The average Bonchev–Trinajstić information content (AvgIpc) is 3.77. The molecule has 0 atom stereocenters. The van der Waals surface area contributed by atoms with E-state index in [0.29, 0.717) is 0 Å². The fraction of sp³-hybridized carbons (Fsp3) is 0.0233. The molecule has 224 valence electrons. The number of rotatable bonds is 4. The van der Waals surface area contributed by atoms with Crippen LogP contribution in [0.15, 0.2) is 158 Å². The quantitative estimate of drug-likeness (QED) is 0.166. The maximum atomic E-state index is 5.67. The van der Waals surface area contributed by atoms with Gasteiger partial charge in [0.05, 0.1) is 0 Å². The van der Waals surface area contributed by atoms with E-state index in [2.05, 4.69) is 161 Å². The molecule has 1 aliphatic heterocycles. The van der Waals surface area contributed by atoms with Crippen molar-refractivity contribution >= 4 is 63.4 Å². The monoisotopic (exact) mass is 716 g/mol. The van der Waals surface area contributed by atoms with E-state index < -0.39 is 19.8 Å². The molecule has 4 heteroatoms. The van der Waals surface area contributed by atoms with Crippen molar-refractivity contribution in [2.45, 2.75) is 0 Å². The van der Waals surface area contributed by atoms with E-state index in [4.69, 9.17) is 4.74 Å². The summed E-state index contributed by atoms with van der Waals surface area (Å²) in [5.41, 5.74) is 9.90. The summed E-state index contributed by atoms with van der Waals surface area (Å²) in [6.07, 6.45) is 0. The third-order valence-electron chi connectivity index (χ3n) is 9.52. The van der Waals surface area contributed by atoms with Gasteiger partial charge in [0, 0.05) is 0 Å². The summed E-state index contributed by atoms with van der Waals surface area (Å²) in [6.45, 7) is 0. The van der Waals surface area contributed by atoms with Crippen LogP contribution in [0.2, 0.25) is 0 Å². The molecule has 0 bridgehead atoms. The SMILES string of the molecule is COc1cccc(-n2c3ccc(-n4c5ccccc5c5ccccc54)cc3c3cc(I4c5ccccc5-c5ccccc54)ccc32)c1. The van der Waals surface area contributed by atoms with Crippen LogP contribution in [0, 0.1) is 10.7 Å². The van der Waals surface area contributed by atoms with Gasteiger partial charge in [0.1, 0.15) is 0 Å². The number of methoxy groups -OCH3 is 1. The van der Waals surface area contributed by atoms with Crippen molar-refractivity contribution in [3.63, 3.8) is 0 Å². The van der Waals surface area contributed by atoms with Gasteiger partial charge in [-0.25, -0.2) is 0 Å². The number of halogens is 1. The van der Waals surface area contributed by atoms with E-state index in [0.717, 1.165) is 11.4 Å². The fourth-order valence-corrected chi connectivity index (χ4v) is 13.9. The van der Waals surface area contributed by atoms with Crippen molar-refractivity contribution < 1.29 is 4.74 Å². The number of aromatic nitrogens is 2. The van der Waals surface area contributed by atoms with Crippen LogP contribution in [-0.4, -0.2) is 16.2 Å². The Kier molecular flexibility index (Phi) is 5.91. The minimum absolute atomic E-state index is 0.851. The van der Waals surface area contributed by atoms with Gasteiger partial charge in [-0.05, 0) is 0 Å². The van der Waals surface area contributed by atoms with Crippen molar-refractivity contribution in [2.75, 3.05) is 7.11 Å². The minimum atomic E-state index is -1.90. The Hall–Kier alpha value is -5.33. The van der Waals surface area contributed by atoms with E-state index in [9.17, 15) is 0 Å². The molecule has 0 fully saturated rings. The Balaban J connectivity index is 1.27. The summed E-state index contributed by atoms with van der Waals surface area (Å²) in [5, 5.41) is 5.08. The third-order valence-corrected chi connectivity index (χ3v) is 15.6. The molecule has 3 nitrogen and oxygen atoms in total. The Morgan fingerprint density at radius 2 is 0.957 bits per heavy atom. The molecule has 0 N–H and O–H groups in total. The first-order valence-corrected chi connectivity index (χ1v) is 19.1. The predicted octanol–water partition coefficient (Wildman–Crippen LogP) is 11.3. The first-order chi connectivity index (χ1) is 23.3. The maximum absolute atomic E-state index is 5.67. The molecule has 0 unspecified atom stereocenters. The summed E-state index contributed by atoms with van der Waals surface area (Å²) < 4.78 is 15.0. The molecule has 3 heterocycles. The molecule has 0 spiro atoms. The molecule has 0 radical (unpaired) electrons. The second kappa shape index (κ2) is 10.3. The van der Waals surface area contributed by atoms with Crippen LogP contribution in [0.5, 0.6) is 5.75 Å². The Morgan fingerprint density at radius 3 is 1.62 bits per heavy atom. The van der Waals surface area contributed by atoms with Crippen molar-refractivity contribution in [1.82, 2.24) is 9.13 Å². The summed E-state index contributed by atoms with van der Waals surface area (Å²) in [7, 11) is 1.73. The van der Waals surface area contributed by atoms with Crippen LogP contribution in [0.3, 0.4) is 0 Å². The van der Waals surface area contributed by atoms with Gasteiger partial charge in [0.25, 0.3) is 0 Å². The van der Waals surface area contributed by atoms with Crippen LogP contribution in [-0.2, 0) is 0 Å². The number of fused-ring (bicyclic) bond motifs is 9. The number of ether oxygens (including phenoxy) is 1. The van der Waals surface area contributed by atoms with Gasteiger partial charge < -0.3 is 0 Å². The van der Waals surface area contributed by atoms with Crippen LogP contribution >= 0.6 is 19.8 Å². The molecule has 9 aromatic rings.